The van der Waals surface area contributed by atoms with E-state index in [0.717, 1.165) is 48.2 Å². The van der Waals surface area contributed by atoms with Gasteiger partial charge in [-0.3, -0.25) is 9.36 Å². The van der Waals surface area contributed by atoms with E-state index in [0.29, 0.717) is 35.4 Å². The average molecular weight is 532 g/mol. The Kier molecular flexibility index (Phi) is 5.97. The van der Waals surface area contributed by atoms with Crippen LogP contribution in [0.25, 0.3) is 22.6 Å². The van der Waals surface area contributed by atoms with E-state index in [1.54, 1.807) is 41.4 Å². The predicted octanol–water partition coefficient (Wildman–Crippen LogP) is 3.82. The smallest absolute Gasteiger partial charge is 0.295 e. The maximum absolute atomic E-state index is 13.7. The number of aryl methyl sites for hydroxylation is 1. The van der Waals surface area contributed by atoms with Crippen LogP contribution < -0.4 is 10.9 Å². The van der Waals surface area contributed by atoms with Crippen molar-refractivity contribution < 1.29 is 8.42 Å². The first-order chi connectivity index (χ1) is 18.2. The lowest BCUT2D eigenvalue weighted by Crippen LogP contribution is -2.29. The van der Waals surface area contributed by atoms with Gasteiger partial charge >= 0.3 is 0 Å². The molecule has 196 valence electrons. The summed E-state index contributed by atoms with van der Waals surface area (Å²) in [7, 11) is -3.27. The highest BCUT2D eigenvalue weighted by atomic mass is 32.2. The van der Waals surface area contributed by atoms with Crippen molar-refractivity contribution in [3.05, 3.63) is 64.1 Å². The molecule has 1 N–H and O–H groups in total. The minimum absolute atomic E-state index is 0.0404. The van der Waals surface area contributed by atoms with Crippen LogP contribution in [0.15, 0.2) is 46.5 Å². The first kappa shape index (κ1) is 24.6. The van der Waals surface area contributed by atoms with Crippen molar-refractivity contribution in [3.8, 4) is 11.4 Å². The van der Waals surface area contributed by atoms with E-state index >= 15 is 0 Å². The summed E-state index contributed by atoms with van der Waals surface area (Å²) in [5, 5.41) is 3.15. The number of hydrogen-bond acceptors (Lipinski definition) is 9. The van der Waals surface area contributed by atoms with Crippen LogP contribution in [-0.2, 0) is 16.4 Å². The van der Waals surface area contributed by atoms with Gasteiger partial charge in [-0.1, -0.05) is 12.1 Å². The molecule has 6 rings (SSSR count). The van der Waals surface area contributed by atoms with Crippen molar-refractivity contribution in [2.75, 3.05) is 11.6 Å². The zero-order chi connectivity index (χ0) is 26.6. The molecule has 0 aliphatic heterocycles. The van der Waals surface area contributed by atoms with E-state index in [1.807, 2.05) is 6.92 Å². The van der Waals surface area contributed by atoms with Gasteiger partial charge in [0.2, 0.25) is 0 Å². The van der Waals surface area contributed by atoms with Gasteiger partial charge in [-0.15, -0.1) is 0 Å². The number of benzene rings is 1. The van der Waals surface area contributed by atoms with Crippen LogP contribution >= 0.6 is 0 Å². The predicted molar refractivity (Wildman–Crippen MR) is 144 cm³/mol. The van der Waals surface area contributed by atoms with Crippen LogP contribution in [0, 0.1) is 12.8 Å². The van der Waals surface area contributed by atoms with Crippen molar-refractivity contribution >= 4 is 26.8 Å². The van der Waals surface area contributed by atoms with Gasteiger partial charge in [-0.2, -0.15) is 0 Å². The standard InChI is InChI=1S/C27H29N7O3S/c1-15-22(23(19-8-9-19)31-14-30-15)24-29-13-21-26(33-24)34(16(2)18-6-7-18)27(35)25(32-21)28-12-17-4-10-20(11-5-17)38(3,36)37/h4-5,10-11,13-14,16,18-19H,6-9,12H2,1-3H3,(H,28,32)/t16-/m0/s1. The van der Waals surface area contributed by atoms with Gasteiger partial charge in [-0.25, -0.2) is 33.3 Å². The van der Waals surface area contributed by atoms with Crippen LogP contribution in [0.5, 0.6) is 0 Å². The Morgan fingerprint density at radius 1 is 1.05 bits per heavy atom. The molecule has 2 aliphatic rings. The van der Waals surface area contributed by atoms with Gasteiger partial charge in [0.1, 0.15) is 11.8 Å². The molecule has 0 bridgehead atoms. The van der Waals surface area contributed by atoms with E-state index in [-0.39, 0.29) is 22.3 Å². The summed E-state index contributed by atoms with van der Waals surface area (Å²) in [5.74, 6) is 1.54. The maximum Gasteiger partial charge on any atom is 0.295 e. The molecule has 0 amide bonds. The monoisotopic (exact) mass is 531 g/mol. The van der Waals surface area contributed by atoms with Crippen LogP contribution in [0.3, 0.4) is 0 Å². The lowest BCUT2D eigenvalue weighted by Gasteiger charge is -2.19. The van der Waals surface area contributed by atoms with Crippen molar-refractivity contribution in [3.63, 3.8) is 0 Å². The van der Waals surface area contributed by atoms with Crippen molar-refractivity contribution in [2.24, 2.45) is 5.92 Å². The average Bonchev–Trinajstić information content (AvgIpc) is 3.80. The van der Waals surface area contributed by atoms with Gasteiger partial charge in [0.05, 0.1) is 28.0 Å². The quantitative estimate of drug-likeness (QED) is 0.360. The van der Waals surface area contributed by atoms with E-state index in [4.69, 9.17) is 4.98 Å². The highest BCUT2D eigenvalue weighted by molar-refractivity contribution is 7.90. The first-order valence-electron chi connectivity index (χ1n) is 12.8. The molecule has 0 radical (unpaired) electrons. The third-order valence-corrected chi connectivity index (χ3v) is 8.54. The number of anilines is 1. The Hall–Kier alpha value is -3.73. The Morgan fingerprint density at radius 3 is 2.45 bits per heavy atom. The SMILES string of the molecule is Cc1ncnc(C2CC2)c1-c1ncc2nc(NCc3ccc(S(C)(=O)=O)cc3)c(=O)n([C@@H](C)C3CC3)c2n1. The van der Waals surface area contributed by atoms with Crippen LogP contribution in [-0.4, -0.2) is 44.2 Å². The first-order valence-corrected chi connectivity index (χ1v) is 14.7. The van der Waals surface area contributed by atoms with Gasteiger partial charge in [0.15, 0.2) is 27.1 Å². The summed E-state index contributed by atoms with van der Waals surface area (Å²) < 4.78 is 25.3. The van der Waals surface area contributed by atoms with Gasteiger partial charge in [0, 0.05) is 24.8 Å². The van der Waals surface area contributed by atoms with Crippen molar-refractivity contribution in [1.29, 1.82) is 0 Å². The molecule has 2 saturated carbocycles. The zero-order valence-corrected chi connectivity index (χ0v) is 22.4. The Morgan fingerprint density at radius 2 is 1.79 bits per heavy atom. The van der Waals surface area contributed by atoms with E-state index in [2.05, 4.69) is 32.2 Å². The molecule has 3 aromatic heterocycles. The molecule has 2 aliphatic carbocycles. The van der Waals surface area contributed by atoms with Crippen LogP contribution in [0.4, 0.5) is 5.82 Å². The maximum atomic E-state index is 13.7. The normalized spacial score (nSPS) is 16.5. The highest BCUT2D eigenvalue weighted by Crippen LogP contribution is 2.43. The third kappa shape index (κ3) is 4.66. The number of aromatic nitrogens is 6. The fourth-order valence-corrected chi connectivity index (χ4v) is 5.51. The van der Waals surface area contributed by atoms with Crippen molar-refractivity contribution in [1.82, 2.24) is 29.5 Å². The van der Waals surface area contributed by atoms with Gasteiger partial charge in [-0.05, 0) is 63.1 Å². The summed E-state index contributed by atoms with van der Waals surface area (Å²) in [4.78, 5) is 37.0. The number of nitrogens with one attached hydrogen (secondary N) is 1. The molecule has 10 nitrogen and oxygen atoms in total. The summed E-state index contributed by atoms with van der Waals surface area (Å²) in [5.41, 5.74) is 4.25. The number of fused-ring (bicyclic) bond motifs is 1. The van der Waals surface area contributed by atoms with Crippen LogP contribution in [0.2, 0.25) is 0 Å². The molecular weight excluding hydrogens is 502 g/mol. The van der Waals surface area contributed by atoms with Gasteiger partial charge < -0.3 is 5.32 Å². The molecule has 3 heterocycles. The number of hydrogen-bond donors (Lipinski definition) is 1. The van der Waals surface area contributed by atoms with E-state index < -0.39 is 9.84 Å². The molecule has 0 unspecified atom stereocenters. The largest absolute Gasteiger partial charge is 0.361 e. The molecular formula is C27H29N7O3S. The minimum atomic E-state index is -3.27. The number of sulfone groups is 1. The Bertz CT molecular complexity index is 1710. The summed E-state index contributed by atoms with van der Waals surface area (Å²) >= 11 is 0. The van der Waals surface area contributed by atoms with Crippen molar-refractivity contribution in [2.45, 2.75) is 62.9 Å². The van der Waals surface area contributed by atoms with Crippen LogP contribution in [0.1, 0.15) is 61.5 Å². The third-order valence-electron chi connectivity index (χ3n) is 7.41. The molecule has 38 heavy (non-hydrogen) atoms. The van der Waals surface area contributed by atoms with E-state index in [1.165, 1.54) is 6.26 Å². The molecule has 0 saturated heterocycles. The Labute approximate surface area is 220 Å². The number of rotatable bonds is 8. The minimum Gasteiger partial charge on any atom is -0.361 e. The summed E-state index contributed by atoms with van der Waals surface area (Å²) in [6.07, 6.45) is 8.76. The zero-order valence-electron chi connectivity index (χ0n) is 21.5. The van der Waals surface area contributed by atoms with E-state index in [9.17, 15) is 13.2 Å². The lowest BCUT2D eigenvalue weighted by molar-refractivity contribution is 0.482. The molecule has 1 aromatic carbocycles. The Balaban J connectivity index is 1.40. The number of nitrogens with zero attached hydrogens (tertiary/aromatic N) is 6. The fraction of sp³-hybridized carbons (Fsp3) is 0.407. The highest BCUT2D eigenvalue weighted by Gasteiger charge is 2.33. The summed E-state index contributed by atoms with van der Waals surface area (Å²) in [6, 6.07) is 6.55. The second-order valence-corrected chi connectivity index (χ2v) is 12.4. The topological polar surface area (TPSA) is 133 Å². The fourth-order valence-electron chi connectivity index (χ4n) is 4.88. The lowest BCUT2D eigenvalue weighted by atomic mass is 10.1. The molecule has 0 spiro atoms. The second kappa shape index (κ2) is 9.23. The molecule has 11 heteroatoms. The molecule has 2 fully saturated rings. The second-order valence-electron chi connectivity index (χ2n) is 10.4. The summed E-state index contributed by atoms with van der Waals surface area (Å²) in [6.45, 7) is 4.31. The van der Waals surface area contributed by atoms with Gasteiger partial charge in [0.25, 0.3) is 5.56 Å². The molecule has 1 atom stereocenters. The molecule has 4 aromatic rings.